The molecule has 0 fully saturated rings. The summed E-state index contributed by atoms with van der Waals surface area (Å²) in [6.07, 6.45) is -0.746. The van der Waals surface area contributed by atoms with E-state index in [4.69, 9.17) is 26.0 Å². The summed E-state index contributed by atoms with van der Waals surface area (Å²) in [5.74, 6) is 0. The van der Waals surface area contributed by atoms with Gasteiger partial charge in [-0.2, -0.15) is 0 Å². The minimum Gasteiger partial charge on any atom is -0.254 e. The monoisotopic (exact) mass is 564 g/mol. The first kappa shape index (κ1) is 9.76. The molecule has 2 nitrogen and oxygen atoms in total. The number of fused-ring (bicyclic) bond motifs is 4. The van der Waals surface area contributed by atoms with Crippen LogP contribution in [0.3, 0.4) is 0 Å². The number of benzene rings is 5. The topological polar surface area (TPSA) is 25.8 Å². The third kappa shape index (κ3) is 4.10. The molecule has 3 heterocycles. The van der Waals surface area contributed by atoms with E-state index in [1.54, 1.807) is 0 Å². The van der Waals surface area contributed by atoms with Gasteiger partial charge in [0, 0.05) is 37.8 Å². The summed E-state index contributed by atoms with van der Waals surface area (Å²) >= 11 is 0.433. The van der Waals surface area contributed by atoms with E-state index in [1.165, 1.54) is 0 Å². The van der Waals surface area contributed by atoms with Crippen molar-refractivity contribution in [3.63, 3.8) is 0 Å². The van der Waals surface area contributed by atoms with E-state index in [1.807, 2.05) is 0 Å². The van der Waals surface area contributed by atoms with Crippen molar-refractivity contribution in [2.24, 2.45) is 0 Å². The molecule has 0 radical (unpaired) electrons. The summed E-state index contributed by atoms with van der Waals surface area (Å²) < 4.78 is 210. The quantitative estimate of drug-likeness (QED) is 0.199. The Morgan fingerprint density at radius 1 is 0.512 bits per heavy atom. The molecule has 3 heteroatoms. The van der Waals surface area contributed by atoms with Crippen LogP contribution >= 0.6 is 11.3 Å². The molecule has 0 atom stereocenters. The van der Waals surface area contributed by atoms with Gasteiger partial charge in [0.05, 0.1) is 49.6 Å². The molecule has 0 amide bonds. The highest BCUT2D eigenvalue weighted by molar-refractivity contribution is 7.19. The summed E-state index contributed by atoms with van der Waals surface area (Å²) in [5, 5.41) is -2.14. The third-order valence-corrected chi connectivity index (χ3v) is 7.18. The molecule has 8 aromatic rings. The van der Waals surface area contributed by atoms with Crippen molar-refractivity contribution in [2.75, 3.05) is 0 Å². The van der Waals surface area contributed by atoms with Crippen molar-refractivity contribution in [1.29, 1.82) is 0 Å². The van der Waals surface area contributed by atoms with Crippen molar-refractivity contribution in [3.8, 4) is 43.3 Å². The number of hydrogen-bond donors (Lipinski definition) is 0. The molecule has 0 saturated heterocycles. The highest BCUT2D eigenvalue weighted by Crippen LogP contribution is 2.46. The molecular weight excluding hydrogens is 516 g/mol. The zero-order valence-electron chi connectivity index (χ0n) is 44.3. The minimum absolute atomic E-state index is 0.413. The van der Waals surface area contributed by atoms with Gasteiger partial charge in [0.15, 0.2) is 0 Å². The molecule has 0 unspecified atom stereocenters. The van der Waals surface area contributed by atoms with Gasteiger partial charge in [0.25, 0.3) is 0 Å². The average molecular weight is 565 g/mol. The SMILES string of the molecule is [2H]c1nc2c(c([2H])c1[2H])c([2H])c([2H])c1c([2H])c([2H])c(-c3c([2H])c([2H])c(-c4c(-c5c([2H])c([2H])c([2H])c([2H])c5[2H])sc(-c5c([2H])c([2H])c([2H])c([2H])c5[2H])c4[2H])c4c([2H])c([2H])c([2H])c([2H])c34)nc12. The number of rotatable bonds is 4. The fourth-order valence-electron chi connectivity index (χ4n) is 4.28. The van der Waals surface area contributed by atoms with Crippen LogP contribution in [0.15, 0.2) is 145 Å². The zero-order valence-corrected chi connectivity index (χ0v) is 21.1. The molecule has 0 aliphatic heterocycles. The highest BCUT2D eigenvalue weighted by atomic mass is 32.1. The molecule has 0 aliphatic rings. The van der Waals surface area contributed by atoms with Gasteiger partial charge in [0.2, 0.25) is 0 Å². The molecule has 0 aliphatic carbocycles. The second kappa shape index (κ2) is 9.81. The number of aromatic nitrogens is 2. The minimum atomic E-state index is -0.968. The fourth-order valence-corrected chi connectivity index (χ4v) is 5.30. The van der Waals surface area contributed by atoms with Crippen LogP contribution in [-0.2, 0) is 0 Å². The van der Waals surface area contributed by atoms with Gasteiger partial charge >= 0.3 is 0 Å². The lowest BCUT2D eigenvalue weighted by Gasteiger charge is -2.13. The van der Waals surface area contributed by atoms with Crippen molar-refractivity contribution in [2.45, 2.75) is 0 Å². The zero-order chi connectivity index (χ0) is 48.1. The summed E-state index contributed by atoms with van der Waals surface area (Å²) in [6, 6.07) is -19.0. The normalized spacial score (nSPS) is 19.6. The lowest BCUT2D eigenvalue weighted by Crippen LogP contribution is -1.91. The van der Waals surface area contributed by atoms with E-state index in [0.717, 1.165) is 0 Å². The molecular formula is C38H24N2S. The van der Waals surface area contributed by atoms with Gasteiger partial charge in [-0.1, -0.05) is 121 Å². The molecule has 3 aromatic heterocycles. The van der Waals surface area contributed by atoms with Gasteiger partial charge in [-0.25, -0.2) is 4.98 Å². The smallest absolute Gasteiger partial charge is 0.0972 e. The maximum absolute atomic E-state index is 9.60. The van der Waals surface area contributed by atoms with Gasteiger partial charge in [-0.05, 0) is 45.6 Å². The number of thiophene rings is 1. The Balaban J connectivity index is 1.62. The first-order valence-electron chi connectivity index (χ1n) is 23.8. The van der Waals surface area contributed by atoms with Crippen molar-refractivity contribution >= 4 is 43.9 Å². The molecule has 192 valence electrons. The lowest BCUT2D eigenvalue weighted by atomic mass is 9.92. The Morgan fingerprint density at radius 2 is 1.15 bits per heavy atom. The van der Waals surface area contributed by atoms with Crippen LogP contribution in [0.4, 0.5) is 0 Å². The summed E-state index contributed by atoms with van der Waals surface area (Å²) in [7, 11) is 0. The Labute approximate surface area is 276 Å². The molecule has 5 aromatic carbocycles. The molecule has 8 rings (SSSR count). The van der Waals surface area contributed by atoms with Crippen LogP contribution in [0.1, 0.15) is 32.9 Å². The fraction of sp³-hybridized carbons (Fsp3) is 0. The highest BCUT2D eigenvalue weighted by Gasteiger charge is 2.18. The standard InChI is InChI=1S/C38H24N2S/c1-3-10-25(11-4-1)35-24-33(38(41-35)28-12-5-2-6-13-28)31-20-21-32(30-16-8-7-15-29(30)31)34-22-19-27-18-17-26-14-9-23-39-36(26)37(27)40-34/h1-24H/i1D,2D,3D,4D,5D,6D,7D,8D,9D,10D,11D,12D,13D,14D,15D,16D,17D,18D,19D,20D,21D,22D,23D,24D. The van der Waals surface area contributed by atoms with E-state index in [2.05, 4.69) is 9.97 Å². The second-order valence-corrected chi connectivity index (χ2v) is 9.41. The maximum atomic E-state index is 9.60. The van der Waals surface area contributed by atoms with Crippen molar-refractivity contribution in [1.82, 2.24) is 9.97 Å². The van der Waals surface area contributed by atoms with Gasteiger partial charge < -0.3 is 0 Å². The molecule has 0 spiro atoms. The van der Waals surface area contributed by atoms with Gasteiger partial charge in [0.1, 0.15) is 0 Å². The Bertz CT molecular complexity index is 3490. The molecule has 0 bridgehead atoms. The van der Waals surface area contributed by atoms with E-state index in [0.29, 0.717) is 11.3 Å². The van der Waals surface area contributed by atoms with Crippen molar-refractivity contribution in [3.05, 3.63) is 145 Å². The van der Waals surface area contributed by atoms with Gasteiger partial charge in [-0.15, -0.1) is 11.3 Å². The third-order valence-electron chi connectivity index (χ3n) is 6.06. The molecule has 0 N–H and O–H groups in total. The molecule has 0 saturated carbocycles. The predicted molar refractivity (Wildman–Crippen MR) is 174 cm³/mol. The summed E-state index contributed by atoms with van der Waals surface area (Å²) in [6.45, 7) is 0. The predicted octanol–water partition coefficient (Wildman–Crippen LogP) is 10.7. The first-order valence-corrected chi connectivity index (χ1v) is 12.6. The lowest BCUT2D eigenvalue weighted by molar-refractivity contribution is 1.37. The van der Waals surface area contributed by atoms with Crippen LogP contribution in [0, 0.1) is 0 Å². The van der Waals surface area contributed by atoms with Crippen LogP contribution in [0.25, 0.3) is 75.8 Å². The van der Waals surface area contributed by atoms with Crippen LogP contribution in [0.5, 0.6) is 0 Å². The Hall–Kier alpha value is -5.12. The van der Waals surface area contributed by atoms with Gasteiger partial charge in [-0.3, -0.25) is 4.98 Å². The van der Waals surface area contributed by atoms with E-state index >= 15 is 0 Å². The largest absolute Gasteiger partial charge is 0.254 e. The number of pyridine rings is 2. The summed E-state index contributed by atoms with van der Waals surface area (Å²) in [4.78, 5) is 7.58. The first-order chi connectivity index (χ1) is 30.3. The second-order valence-electron chi connectivity index (χ2n) is 8.39. The van der Waals surface area contributed by atoms with E-state index in [-0.39, 0.29) is 0 Å². The maximum Gasteiger partial charge on any atom is 0.0972 e. The average Bonchev–Trinajstić information content (AvgIpc) is 3.59. The number of nitrogens with zero attached hydrogens (tertiary/aromatic N) is 2. The molecule has 41 heavy (non-hydrogen) atoms. The van der Waals surface area contributed by atoms with E-state index in [9.17, 15) is 6.85 Å². The van der Waals surface area contributed by atoms with Crippen LogP contribution < -0.4 is 0 Å². The Morgan fingerprint density at radius 3 is 1.93 bits per heavy atom. The summed E-state index contributed by atoms with van der Waals surface area (Å²) in [5.41, 5.74) is -4.66. The van der Waals surface area contributed by atoms with Crippen molar-refractivity contribution < 1.29 is 32.9 Å². The van der Waals surface area contributed by atoms with Crippen LogP contribution in [0.2, 0.25) is 0 Å². The Kier molecular flexibility index (Phi) is 2.34. The number of hydrogen-bond acceptors (Lipinski definition) is 3. The van der Waals surface area contributed by atoms with Crippen LogP contribution in [-0.4, -0.2) is 9.97 Å². The van der Waals surface area contributed by atoms with E-state index < -0.39 is 221 Å².